The number of ketones is 1. The second kappa shape index (κ2) is 7.42. The highest BCUT2D eigenvalue weighted by Crippen LogP contribution is 2.43. The van der Waals surface area contributed by atoms with Crippen LogP contribution in [0.5, 0.6) is 0 Å². The standard InChI is InChI=1S/C25H30O4/c1-15-13-16-9-7-8-10-17(16)21(18-14-25(5,6)12-11-19(18)26)20(15)22(23(27)28)29-24(2,3)4/h7-10,13-14,22H,11-12H2,1-6H3,(H,27,28). The first kappa shape index (κ1) is 21.3. The molecule has 0 saturated carbocycles. The molecule has 0 saturated heterocycles. The van der Waals surface area contributed by atoms with Gasteiger partial charge in [-0.15, -0.1) is 0 Å². The number of allylic oxidation sites excluding steroid dienone is 2. The number of fused-ring (bicyclic) bond motifs is 1. The summed E-state index contributed by atoms with van der Waals surface area (Å²) in [6, 6.07) is 9.81. The van der Waals surface area contributed by atoms with Crippen LogP contribution in [0.25, 0.3) is 16.3 Å². The Balaban J connectivity index is 2.40. The normalized spacial score (nSPS) is 17.9. The van der Waals surface area contributed by atoms with Crippen LogP contribution in [0, 0.1) is 12.3 Å². The van der Waals surface area contributed by atoms with Crippen LogP contribution in [0.4, 0.5) is 0 Å². The first-order valence-corrected chi connectivity index (χ1v) is 10.1. The van der Waals surface area contributed by atoms with Gasteiger partial charge >= 0.3 is 5.97 Å². The number of aryl methyl sites for hydroxylation is 1. The van der Waals surface area contributed by atoms with Gasteiger partial charge < -0.3 is 9.84 Å². The van der Waals surface area contributed by atoms with E-state index >= 15 is 0 Å². The van der Waals surface area contributed by atoms with Crippen LogP contribution in [0.2, 0.25) is 0 Å². The highest BCUT2D eigenvalue weighted by molar-refractivity contribution is 6.25. The van der Waals surface area contributed by atoms with Crippen LogP contribution >= 0.6 is 0 Å². The maximum absolute atomic E-state index is 13.0. The number of carbonyl (C=O) groups is 2. The molecule has 29 heavy (non-hydrogen) atoms. The van der Waals surface area contributed by atoms with Crippen molar-refractivity contribution in [3.05, 3.63) is 53.1 Å². The van der Waals surface area contributed by atoms with E-state index in [2.05, 4.69) is 13.8 Å². The summed E-state index contributed by atoms with van der Waals surface area (Å²) in [5.74, 6) is -0.996. The molecule has 1 atom stereocenters. The Kier molecular flexibility index (Phi) is 5.44. The molecule has 4 nitrogen and oxygen atoms in total. The van der Waals surface area contributed by atoms with Crippen LogP contribution in [-0.2, 0) is 14.3 Å². The van der Waals surface area contributed by atoms with E-state index < -0.39 is 17.7 Å². The third kappa shape index (κ3) is 4.43. The molecule has 0 aromatic heterocycles. The molecule has 1 aliphatic rings. The summed E-state index contributed by atoms with van der Waals surface area (Å²) in [6.07, 6.45) is 2.10. The van der Waals surface area contributed by atoms with Crippen molar-refractivity contribution in [2.45, 2.75) is 66.1 Å². The summed E-state index contributed by atoms with van der Waals surface area (Å²) in [5.41, 5.74) is 1.92. The van der Waals surface area contributed by atoms with E-state index in [-0.39, 0.29) is 11.2 Å². The third-order valence-corrected chi connectivity index (χ3v) is 5.36. The van der Waals surface area contributed by atoms with Gasteiger partial charge in [0, 0.05) is 17.6 Å². The summed E-state index contributed by atoms with van der Waals surface area (Å²) in [4.78, 5) is 25.3. The largest absolute Gasteiger partial charge is 0.479 e. The van der Waals surface area contributed by atoms with Crippen LogP contribution in [0.1, 0.15) is 70.3 Å². The fraction of sp³-hybridized carbons (Fsp3) is 0.440. The van der Waals surface area contributed by atoms with E-state index in [9.17, 15) is 14.7 Å². The van der Waals surface area contributed by atoms with Gasteiger partial charge in [0.15, 0.2) is 11.9 Å². The molecule has 1 aliphatic carbocycles. The first-order chi connectivity index (χ1) is 13.4. The zero-order chi connectivity index (χ0) is 21.6. The van der Waals surface area contributed by atoms with Gasteiger partial charge in [0.1, 0.15) is 0 Å². The quantitative estimate of drug-likeness (QED) is 0.705. The molecule has 154 valence electrons. The smallest absolute Gasteiger partial charge is 0.337 e. The average molecular weight is 395 g/mol. The first-order valence-electron chi connectivity index (χ1n) is 10.1. The number of carboxylic acid groups (broad SMARTS) is 1. The van der Waals surface area contributed by atoms with Crippen molar-refractivity contribution in [1.82, 2.24) is 0 Å². The average Bonchev–Trinajstić information content (AvgIpc) is 2.60. The number of Topliss-reactive ketones (excluding diaryl/α,β-unsaturated/α-hetero) is 1. The minimum atomic E-state index is -1.16. The molecule has 0 radical (unpaired) electrons. The van der Waals surface area contributed by atoms with Gasteiger partial charge in [-0.3, -0.25) is 4.79 Å². The zero-order valence-corrected chi connectivity index (χ0v) is 18.1. The summed E-state index contributed by atoms with van der Waals surface area (Å²) in [5, 5.41) is 11.9. The molecule has 0 fully saturated rings. The van der Waals surface area contributed by atoms with Gasteiger partial charge in [0.25, 0.3) is 0 Å². The fourth-order valence-electron chi connectivity index (χ4n) is 4.04. The molecular weight excluding hydrogens is 364 g/mol. The third-order valence-electron chi connectivity index (χ3n) is 5.36. The van der Waals surface area contributed by atoms with Crippen LogP contribution in [-0.4, -0.2) is 22.5 Å². The van der Waals surface area contributed by atoms with Crippen molar-refractivity contribution in [1.29, 1.82) is 0 Å². The minimum Gasteiger partial charge on any atom is -0.479 e. The number of benzene rings is 2. The topological polar surface area (TPSA) is 63.6 Å². The molecular formula is C25H30O4. The summed E-state index contributed by atoms with van der Waals surface area (Å²) < 4.78 is 6.00. The van der Waals surface area contributed by atoms with Crippen molar-refractivity contribution in [2.24, 2.45) is 5.41 Å². The lowest BCUT2D eigenvalue weighted by molar-refractivity contribution is -0.160. The van der Waals surface area contributed by atoms with Gasteiger partial charge in [0.2, 0.25) is 0 Å². The molecule has 3 rings (SSSR count). The Labute approximate surface area is 172 Å². The second-order valence-electron chi connectivity index (χ2n) is 9.62. The van der Waals surface area contributed by atoms with Gasteiger partial charge in [0.05, 0.1) is 5.60 Å². The van der Waals surface area contributed by atoms with Gasteiger partial charge in [-0.1, -0.05) is 50.3 Å². The number of carbonyl (C=O) groups excluding carboxylic acids is 1. The molecule has 1 N–H and O–H groups in total. The van der Waals surface area contributed by atoms with Crippen molar-refractivity contribution >= 4 is 28.1 Å². The molecule has 0 heterocycles. The number of ether oxygens (including phenoxy) is 1. The highest BCUT2D eigenvalue weighted by atomic mass is 16.5. The fourth-order valence-corrected chi connectivity index (χ4v) is 4.04. The molecule has 0 spiro atoms. The predicted octanol–water partition coefficient (Wildman–Crippen LogP) is 5.86. The van der Waals surface area contributed by atoms with Crippen molar-refractivity contribution in [3.8, 4) is 0 Å². The van der Waals surface area contributed by atoms with Crippen molar-refractivity contribution in [3.63, 3.8) is 0 Å². The van der Waals surface area contributed by atoms with Crippen LogP contribution < -0.4 is 0 Å². The molecule has 1 unspecified atom stereocenters. The van der Waals surface area contributed by atoms with E-state index in [1.54, 1.807) is 0 Å². The number of carboxylic acids is 1. The zero-order valence-electron chi connectivity index (χ0n) is 18.1. The van der Waals surface area contributed by atoms with Crippen molar-refractivity contribution in [2.75, 3.05) is 0 Å². The summed E-state index contributed by atoms with van der Waals surface area (Å²) >= 11 is 0. The lowest BCUT2D eigenvalue weighted by Crippen LogP contribution is -2.29. The highest BCUT2D eigenvalue weighted by Gasteiger charge is 2.35. The maximum Gasteiger partial charge on any atom is 0.337 e. The SMILES string of the molecule is Cc1cc2ccccc2c(C2=CC(C)(C)CCC2=O)c1C(OC(C)(C)C)C(=O)O. The van der Waals surface area contributed by atoms with Gasteiger partial charge in [-0.2, -0.15) is 0 Å². The van der Waals surface area contributed by atoms with Gasteiger partial charge in [-0.25, -0.2) is 4.79 Å². The van der Waals surface area contributed by atoms with Crippen LogP contribution in [0.15, 0.2) is 36.4 Å². The van der Waals surface area contributed by atoms with E-state index in [1.165, 1.54) is 0 Å². The number of hydrogen-bond donors (Lipinski definition) is 1. The number of aliphatic carboxylic acids is 1. The lowest BCUT2D eigenvalue weighted by atomic mass is 9.75. The molecule has 2 aromatic rings. The van der Waals surface area contributed by atoms with E-state index in [0.717, 1.165) is 22.8 Å². The lowest BCUT2D eigenvalue weighted by Gasteiger charge is -2.31. The molecule has 0 bridgehead atoms. The molecule has 0 aliphatic heterocycles. The monoisotopic (exact) mass is 394 g/mol. The van der Waals surface area contributed by atoms with E-state index in [1.807, 2.05) is 64.1 Å². The summed E-state index contributed by atoms with van der Waals surface area (Å²) in [6.45, 7) is 11.6. The maximum atomic E-state index is 13.0. The minimum absolute atomic E-state index is 0.0567. The van der Waals surface area contributed by atoms with E-state index in [4.69, 9.17) is 4.74 Å². The Hall–Kier alpha value is -2.46. The number of rotatable bonds is 4. The van der Waals surface area contributed by atoms with Crippen LogP contribution in [0.3, 0.4) is 0 Å². The predicted molar refractivity (Wildman–Crippen MR) is 116 cm³/mol. The Morgan fingerprint density at radius 2 is 1.86 bits per heavy atom. The second-order valence-corrected chi connectivity index (χ2v) is 9.62. The van der Waals surface area contributed by atoms with Crippen molar-refractivity contribution < 1.29 is 19.4 Å². The Morgan fingerprint density at radius 3 is 2.48 bits per heavy atom. The number of hydrogen-bond acceptors (Lipinski definition) is 3. The summed E-state index contributed by atoms with van der Waals surface area (Å²) in [7, 11) is 0. The Bertz CT molecular complexity index is 1010. The van der Waals surface area contributed by atoms with Gasteiger partial charge in [-0.05, 0) is 61.4 Å². The molecule has 0 amide bonds. The molecule has 4 heteroatoms. The Morgan fingerprint density at radius 1 is 1.21 bits per heavy atom. The molecule has 2 aromatic carbocycles. The van der Waals surface area contributed by atoms with E-state index in [0.29, 0.717) is 23.1 Å².